The molecule has 0 aromatic heterocycles. The molecule has 0 saturated carbocycles. The molecule has 2 aromatic rings. The van der Waals surface area contributed by atoms with Gasteiger partial charge in [-0.05, 0) is 19.2 Å². The van der Waals surface area contributed by atoms with Crippen LogP contribution in [-0.4, -0.2) is 26.3 Å². The summed E-state index contributed by atoms with van der Waals surface area (Å²) < 4.78 is 11.8. The molecule has 1 atom stereocenters. The number of halogens is 2. The summed E-state index contributed by atoms with van der Waals surface area (Å²) in [6.07, 6.45) is -0.0263. The van der Waals surface area contributed by atoms with Crippen molar-refractivity contribution in [2.45, 2.75) is 6.10 Å². The van der Waals surface area contributed by atoms with Crippen molar-refractivity contribution < 1.29 is 9.47 Å². The third-order valence-corrected chi connectivity index (χ3v) is 4.18. The molecule has 1 aliphatic heterocycles. The lowest BCUT2D eigenvalue weighted by atomic mass is 10.0. The van der Waals surface area contributed by atoms with Crippen LogP contribution in [0.2, 0.25) is 10.0 Å². The second kappa shape index (κ2) is 6.14. The van der Waals surface area contributed by atoms with Crippen molar-refractivity contribution in [2.24, 2.45) is 0 Å². The van der Waals surface area contributed by atoms with Crippen LogP contribution in [-0.2, 0) is 0 Å². The molecule has 2 aromatic carbocycles. The van der Waals surface area contributed by atoms with E-state index in [9.17, 15) is 0 Å². The quantitative estimate of drug-likeness (QED) is 0.925. The molecular weight excluding hydrogens is 309 g/mol. The van der Waals surface area contributed by atoms with E-state index in [1.165, 1.54) is 0 Å². The largest absolute Gasteiger partial charge is 0.486 e. The van der Waals surface area contributed by atoms with E-state index < -0.39 is 0 Å². The summed E-state index contributed by atoms with van der Waals surface area (Å²) in [5, 5.41) is 4.14. The number of nitrogens with one attached hydrogen (secondary N) is 1. The average Bonchev–Trinajstić information content (AvgIpc) is 2.50. The predicted molar refractivity (Wildman–Crippen MR) is 85.7 cm³/mol. The first-order chi connectivity index (χ1) is 10.2. The van der Waals surface area contributed by atoms with Crippen LogP contribution < -0.4 is 14.8 Å². The highest BCUT2D eigenvalue weighted by Gasteiger charge is 2.24. The normalized spacial score (nSPS) is 16.8. The lowest BCUT2D eigenvalue weighted by Gasteiger charge is -2.28. The topological polar surface area (TPSA) is 30.5 Å². The molecule has 110 valence electrons. The maximum absolute atomic E-state index is 6.33. The highest BCUT2D eigenvalue weighted by atomic mass is 35.5. The highest BCUT2D eigenvalue weighted by molar-refractivity contribution is 6.43. The van der Waals surface area contributed by atoms with Crippen molar-refractivity contribution in [1.29, 1.82) is 0 Å². The van der Waals surface area contributed by atoms with E-state index in [4.69, 9.17) is 32.7 Å². The fourth-order valence-electron chi connectivity index (χ4n) is 2.39. The smallest absolute Gasteiger partial charge is 0.169 e. The van der Waals surface area contributed by atoms with Crippen LogP contribution >= 0.6 is 23.2 Å². The Morgan fingerprint density at radius 2 is 1.90 bits per heavy atom. The molecule has 0 radical (unpaired) electrons. The molecule has 1 aliphatic rings. The van der Waals surface area contributed by atoms with Crippen molar-refractivity contribution in [2.75, 3.05) is 20.2 Å². The first-order valence-electron chi connectivity index (χ1n) is 6.72. The minimum Gasteiger partial charge on any atom is -0.486 e. The molecule has 21 heavy (non-hydrogen) atoms. The third-order valence-electron chi connectivity index (χ3n) is 3.36. The SMILES string of the molecule is CNCC1COc2cccc(-c3cccc(Cl)c3Cl)c2O1. The Labute approximate surface area is 133 Å². The van der Waals surface area contributed by atoms with Gasteiger partial charge in [-0.15, -0.1) is 0 Å². The summed E-state index contributed by atoms with van der Waals surface area (Å²) in [5.41, 5.74) is 1.73. The summed E-state index contributed by atoms with van der Waals surface area (Å²) >= 11 is 12.4. The number of likely N-dealkylation sites (N-methyl/N-ethyl adjacent to an activating group) is 1. The average molecular weight is 324 g/mol. The van der Waals surface area contributed by atoms with Gasteiger partial charge in [0.2, 0.25) is 0 Å². The van der Waals surface area contributed by atoms with Gasteiger partial charge in [0, 0.05) is 17.7 Å². The molecule has 0 fully saturated rings. The highest BCUT2D eigenvalue weighted by Crippen LogP contribution is 2.44. The van der Waals surface area contributed by atoms with Crippen molar-refractivity contribution in [3.63, 3.8) is 0 Å². The van der Waals surface area contributed by atoms with Crippen LogP contribution in [0.5, 0.6) is 11.5 Å². The fourth-order valence-corrected chi connectivity index (χ4v) is 2.79. The number of benzene rings is 2. The Hall–Kier alpha value is -1.42. The van der Waals surface area contributed by atoms with Crippen molar-refractivity contribution >= 4 is 23.2 Å². The van der Waals surface area contributed by atoms with Gasteiger partial charge in [0.25, 0.3) is 0 Å². The first-order valence-corrected chi connectivity index (χ1v) is 7.47. The maximum Gasteiger partial charge on any atom is 0.169 e. The number of hydrogen-bond acceptors (Lipinski definition) is 3. The third kappa shape index (κ3) is 2.82. The van der Waals surface area contributed by atoms with Gasteiger partial charge in [0.1, 0.15) is 12.7 Å². The van der Waals surface area contributed by atoms with E-state index in [2.05, 4.69) is 5.32 Å². The summed E-state index contributed by atoms with van der Waals surface area (Å²) in [5.74, 6) is 1.45. The second-order valence-corrected chi connectivity index (χ2v) is 5.63. The zero-order valence-corrected chi connectivity index (χ0v) is 13.0. The number of rotatable bonds is 3. The van der Waals surface area contributed by atoms with Gasteiger partial charge in [-0.1, -0.05) is 47.5 Å². The minimum absolute atomic E-state index is 0.0263. The van der Waals surface area contributed by atoms with Gasteiger partial charge in [0.05, 0.1) is 10.0 Å². The van der Waals surface area contributed by atoms with Gasteiger partial charge in [-0.3, -0.25) is 0 Å². The lowest BCUT2D eigenvalue weighted by Crippen LogP contribution is -2.37. The molecule has 0 saturated heterocycles. The van der Waals surface area contributed by atoms with Crippen LogP contribution in [0.3, 0.4) is 0 Å². The monoisotopic (exact) mass is 323 g/mol. The van der Waals surface area contributed by atoms with Crippen molar-refractivity contribution in [3.05, 3.63) is 46.4 Å². The zero-order chi connectivity index (χ0) is 14.8. The molecule has 1 heterocycles. The van der Waals surface area contributed by atoms with Crippen LogP contribution in [0, 0.1) is 0 Å². The van der Waals surface area contributed by atoms with Crippen LogP contribution in [0.1, 0.15) is 0 Å². The Morgan fingerprint density at radius 3 is 2.71 bits per heavy atom. The lowest BCUT2D eigenvalue weighted by molar-refractivity contribution is 0.0927. The Morgan fingerprint density at radius 1 is 1.14 bits per heavy atom. The molecule has 0 bridgehead atoms. The van der Waals surface area contributed by atoms with Gasteiger partial charge in [-0.2, -0.15) is 0 Å². The molecule has 3 nitrogen and oxygen atoms in total. The van der Waals surface area contributed by atoms with Crippen molar-refractivity contribution in [1.82, 2.24) is 5.32 Å². The number of fused-ring (bicyclic) bond motifs is 1. The van der Waals surface area contributed by atoms with Crippen LogP contribution in [0.25, 0.3) is 11.1 Å². The summed E-state index contributed by atoms with van der Waals surface area (Å²) in [7, 11) is 1.89. The number of hydrogen-bond donors (Lipinski definition) is 1. The fraction of sp³-hybridized carbons (Fsp3) is 0.250. The molecule has 0 amide bonds. The van der Waals surface area contributed by atoms with E-state index in [0.29, 0.717) is 22.4 Å². The molecule has 1 N–H and O–H groups in total. The van der Waals surface area contributed by atoms with Gasteiger partial charge < -0.3 is 14.8 Å². The van der Waals surface area contributed by atoms with E-state index in [1.807, 2.05) is 37.4 Å². The summed E-state index contributed by atoms with van der Waals surface area (Å²) in [6, 6.07) is 11.3. The Kier molecular flexibility index (Phi) is 4.24. The van der Waals surface area contributed by atoms with E-state index >= 15 is 0 Å². The molecule has 0 spiro atoms. The van der Waals surface area contributed by atoms with Crippen molar-refractivity contribution in [3.8, 4) is 22.6 Å². The van der Waals surface area contributed by atoms with Crippen LogP contribution in [0.4, 0.5) is 0 Å². The van der Waals surface area contributed by atoms with Gasteiger partial charge in [-0.25, -0.2) is 0 Å². The molecule has 1 unspecified atom stereocenters. The second-order valence-electron chi connectivity index (χ2n) is 4.84. The van der Waals surface area contributed by atoms with Gasteiger partial charge >= 0.3 is 0 Å². The first kappa shape index (κ1) is 14.5. The number of ether oxygens (including phenoxy) is 2. The van der Waals surface area contributed by atoms with E-state index in [1.54, 1.807) is 6.07 Å². The summed E-state index contributed by atoms with van der Waals surface area (Å²) in [6.45, 7) is 1.25. The van der Waals surface area contributed by atoms with E-state index in [-0.39, 0.29) is 6.10 Å². The standard InChI is InChI=1S/C16H15Cl2NO2/c1-19-8-10-9-20-14-7-3-5-12(16(14)21-10)11-4-2-6-13(17)15(11)18/h2-7,10,19H,8-9H2,1H3. The predicted octanol–water partition coefficient (Wildman–Crippen LogP) is 4.02. The molecule has 5 heteroatoms. The van der Waals surface area contributed by atoms with Gasteiger partial charge in [0.15, 0.2) is 11.5 Å². The molecule has 3 rings (SSSR count). The zero-order valence-electron chi connectivity index (χ0n) is 11.5. The summed E-state index contributed by atoms with van der Waals surface area (Å²) in [4.78, 5) is 0. The van der Waals surface area contributed by atoms with Crippen LogP contribution in [0.15, 0.2) is 36.4 Å². The Bertz CT molecular complexity index is 661. The Balaban J connectivity index is 2.06. The van der Waals surface area contributed by atoms with E-state index in [0.717, 1.165) is 23.4 Å². The number of para-hydroxylation sites is 1. The maximum atomic E-state index is 6.33. The molecule has 0 aliphatic carbocycles. The molecular formula is C16H15Cl2NO2. The minimum atomic E-state index is -0.0263.